The van der Waals surface area contributed by atoms with Crippen LogP contribution in [-0.4, -0.2) is 46.7 Å². The van der Waals surface area contributed by atoms with Crippen LogP contribution in [0.1, 0.15) is 51.5 Å². The van der Waals surface area contributed by atoms with Gasteiger partial charge < -0.3 is 15.2 Å². The van der Waals surface area contributed by atoms with Gasteiger partial charge in [0.15, 0.2) is 0 Å². The second kappa shape index (κ2) is 10.1. The van der Waals surface area contributed by atoms with Crippen LogP contribution < -0.4 is 15.4 Å². The van der Waals surface area contributed by atoms with E-state index in [2.05, 4.69) is 44.0 Å². The molecule has 1 saturated heterocycles. The molecule has 6 nitrogen and oxygen atoms in total. The van der Waals surface area contributed by atoms with Gasteiger partial charge in [0.1, 0.15) is 18.4 Å². The summed E-state index contributed by atoms with van der Waals surface area (Å²) in [6, 6.07) is 7.08. The fourth-order valence-electron chi connectivity index (χ4n) is 3.52. The second-order valence-electron chi connectivity index (χ2n) is 8.95. The standard InChI is InChI=1S/C21H32N2O4S2/c1-20(2,3)13-21(4,28)11-17(24)22-9-10-27-15-7-5-14(6-8-15)18-23-16(12-29-18)19(25)26/h5-8,16,18,23,28H,9-13H2,1-4H3,(H,22,24)(H,25,26). The van der Waals surface area contributed by atoms with E-state index >= 15 is 0 Å². The molecule has 8 heteroatoms. The highest BCUT2D eigenvalue weighted by atomic mass is 32.2. The van der Waals surface area contributed by atoms with Crippen molar-refractivity contribution in [2.24, 2.45) is 5.41 Å². The van der Waals surface area contributed by atoms with Crippen LogP contribution in [0.4, 0.5) is 0 Å². The van der Waals surface area contributed by atoms with Gasteiger partial charge in [-0.15, -0.1) is 11.8 Å². The van der Waals surface area contributed by atoms with Crippen LogP contribution in [0.3, 0.4) is 0 Å². The molecule has 3 atom stereocenters. The summed E-state index contributed by atoms with van der Waals surface area (Å²) in [7, 11) is 0. The number of hydrogen-bond acceptors (Lipinski definition) is 6. The van der Waals surface area contributed by atoms with Crippen LogP contribution in [0.25, 0.3) is 0 Å². The molecule has 0 bridgehead atoms. The van der Waals surface area contributed by atoms with Crippen molar-refractivity contribution in [3.05, 3.63) is 29.8 Å². The number of rotatable bonds is 9. The van der Waals surface area contributed by atoms with Gasteiger partial charge in [-0.2, -0.15) is 12.6 Å². The van der Waals surface area contributed by atoms with E-state index in [0.717, 1.165) is 12.0 Å². The molecule has 1 aliphatic heterocycles. The van der Waals surface area contributed by atoms with Crippen molar-refractivity contribution in [2.75, 3.05) is 18.9 Å². The Kier molecular flexibility index (Phi) is 8.31. The number of amides is 1. The molecule has 0 aromatic heterocycles. The highest BCUT2D eigenvalue weighted by Gasteiger charge is 2.30. The van der Waals surface area contributed by atoms with Crippen molar-refractivity contribution in [1.82, 2.24) is 10.6 Å². The summed E-state index contributed by atoms with van der Waals surface area (Å²) in [4.78, 5) is 23.2. The van der Waals surface area contributed by atoms with Gasteiger partial charge in [-0.05, 0) is 29.5 Å². The fraction of sp³-hybridized carbons (Fsp3) is 0.619. The molecule has 0 saturated carbocycles. The molecular weight excluding hydrogens is 408 g/mol. The predicted molar refractivity (Wildman–Crippen MR) is 121 cm³/mol. The molecular formula is C21H32N2O4S2. The van der Waals surface area contributed by atoms with Gasteiger partial charge in [-0.3, -0.25) is 14.9 Å². The number of carbonyl (C=O) groups is 2. The Morgan fingerprint density at radius 2 is 1.93 bits per heavy atom. The second-order valence-corrected chi connectivity index (χ2v) is 11.2. The number of benzene rings is 1. The summed E-state index contributed by atoms with van der Waals surface area (Å²) >= 11 is 6.24. The third-order valence-corrected chi connectivity index (χ3v) is 5.99. The lowest BCUT2D eigenvalue weighted by Gasteiger charge is -2.31. The zero-order valence-electron chi connectivity index (χ0n) is 17.5. The Morgan fingerprint density at radius 1 is 1.28 bits per heavy atom. The lowest BCUT2D eigenvalue weighted by Crippen LogP contribution is -2.35. The SMILES string of the molecule is CC(C)(C)CC(C)(S)CC(=O)NCCOc1ccc(C2NC(C(=O)O)CS2)cc1. The van der Waals surface area contributed by atoms with Gasteiger partial charge in [0.25, 0.3) is 0 Å². The maximum atomic E-state index is 12.2. The Balaban J connectivity index is 1.70. The summed E-state index contributed by atoms with van der Waals surface area (Å²) in [5.41, 5.74) is 1.14. The zero-order valence-corrected chi connectivity index (χ0v) is 19.2. The Hall–Kier alpha value is -1.38. The Bertz CT molecular complexity index is 702. The molecule has 0 spiro atoms. The maximum absolute atomic E-state index is 12.2. The minimum Gasteiger partial charge on any atom is -0.492 e. The maximum Gasteiger partial charge on any atom is 0.321 e. The normalized spacial score (nSPS) is 21.4. The molecule has 1 aromatic carbocycles. The van der Waals surface area contributed by atoms with Crippen molar-refractivity contribution >= 4 is 36.3 Å². The monoisotopic (exact) mass is 440 g/mol. The predicted octanol–water partition coefficient (Wildman–Crippen LogP) is 3.48. The molecule has 0 aliphatic carbocycles. The van der Waals surface area contributed by atoms with Gasteiger partial charge >= 0.3 is 5.97 Å². The van der Waals surface area contributed by atoms with Gasteiger partial charge in [0.2, 0.25) is 5.91 Å². The number of ether oxygens (including phenoxy) is 1. The largest absolute Gasteiger partial charge is 0.492 e. The molecule has 3 N–H and O–H groups in total. The van der Waals surface area contributed by atoms with Gasteiger partial charge in [-0.25, -0.2) is 0 Å². The first-order valence-electron chi connectivity index (χ1n) is 9.77. The fourth-order valence-corrected chi connectivity index (χ4v) is 5.37. The van der Waals surface area contributed by atoms with Crippen LogP contribution in [0.2, 0.25) is 0 Å². The van der Waals surface area contributed by atoms with E-state index in [4.69, 9.17) is 9.84 Å². The highest BCUT2D eigenvalue weighted by molar-refractivity contribution is 7.99. The van der Waals surface area contributed by atoms with Crippen molar-refractivity contribution in [1.29, 1.82) is 0 Å². The summed E-state index contributed by atoms with van der Waals surface area (Å²) in [5.74, 6) is 0.424. The van der Waals surface area contributed by atoms with Crippen LogP contribution in [0, 0.1) is 5.41 Å². The molecule has 0 radical (unpaired) electrons. The van der Waals surface area contributed by atoms with Crippen LogP contribution >= 0.6 is 24.4 Å². The van der Waals surface area contributed by atoms with Crippen LogP contribution in [-0.2, 0) is 9.59 Å². The zero-order chi connectivity index (χ0) is 21.7. The molecule has 29 heavy (non-hydrogen) atoms. The van der Waals surface area contributed by atoms with E-state index < -0.39 is 12.0 Å². The van der Waals surface area contributed by atoms with E-state index in [1.807, 2.05) is 31.2 Å². The first-order chi connectivity index (χ1) is 13.5. The molecule has 3 unspecified atom stereocenters. The van der Waals surface area contributed by atoms with Gasteiger partial charge in [0, 0.05) is 16.9 Å². The number of thioether (sulfide) groups is 1. The van der Waals surface area contributed by atoms with Crippen molar-refractivity contribution in [2.45, 2.75) is 56.7 Å². The van der Waals surface area contributed by atoms with Crippen LogP contribution in [0.5, 0.6) is 5.75 Å². The van der Waals surface area contributed by atoms with Crippen molar-refractivity contribution in [3.8, 4) is 5.75 Å². The lowest BCUT2D eigenvalue weighted by molar-refractivity contribution is -0.138. The Morgan fingerprint density at radius 3 is 2.48 bits per heavy atom. The summed E-state index contributed by atoms with van der Waals surface area (Å²) in [6.45, 7) is 9.24. The number of carboxylic acids is 1. The van der Waals surface area contributed by atoms with Gasteiger partial charge in [-0.1, -0.05) is 39.8 Å². The van der Waals surface area contributed by atoms with E-state index in [9.17, 15) is 9.59 Å². The summed E-state index contributed by atoms with van der Waals surface area (Å²) in [6.07, 6.45) is 1.21. The van der Waals surface area contributed by atoms with E-state index in [-0.39, 0.29) is 21.4 Å². The average molecular weight is 441 g/mol. The number of carboxylic acid groups (broad SMARTS) is 1. The Labute approximate surface area is 183 Å². The molecule has 162 valence electrons. The number of hydrogen-bond donors (Lipinski definition) is 4. The highest BCUT2D eigenvalue weighted by Crippen LogP contribution is 2.34. The molecule has 1 aromatic rings. The first kappa shape index (κ1) is 23.9. The number of thiol groups is 1. The van der Waals surface area contributed by atoms with E-state index in [1.165, 1.54) is 0 Å². The summed E-state index contributed by atoms with van der Waals surface area (Å²) < 4.78 is 5.35. The van der Waals surface area contributed by atoms with Crippen molar-refractivity contribution < 1.29 is 19.4 Å². The van der Waals surface area contributed by atoms with Gasteiger partial charge in [0.05, 0.1) is 11.9 Å². The molecule has 1 fully saturated rings. The average Bonchev–Trinajstić information content (AvgIpc) is 3.07. The van der Waals surface area contributed by atoms with E-state index in [0.29, 0.717) is 31.1 Å². The quantitative estimate of drug-likeness (QED) is 0.347. The summed E-state index contributed by atoms with van der Waals surface area (Å²) in [5, 5.41) is 15.0. The van der Waals surface area contributed by atoms with Crippen molar-refractivity contribution in [3.63, 3.8) is 0 Å². The lowest BCUT2D eigenvalue weighted by atomic mass is 9.83. The van der Waals surface area contributed by atoms with E-state index in [1.54, 1.807) is 11.8 Å². The minimum absolute atomic E-state index is 0.0203. The number of aliphatic carboxylic acids is 1. The molecule has 1 aliphatic rings. The number of nitrogens with one attached hydrogen (secondary N) is 2. The third kappa shape index (κ3) is 8.48. The van der Waals surface area contributed by atoms with Crippen LogP contribution in [0.15, 0.2) is 24.3 Å². The smallest absolute Gasteiger partial charge is 0.321 e. The number of carbonyl (C=O) groups excluding carboxylic acids is 1. The molecule has 1 heterocycles. The molecule has 2 rings (SSSR count). The minimum atomic E-state index is -0.821. The third-order valence-electron chi connectivity index (χ3n) is 4.41. The first-order valence-corrected chi connectivity index (χ1v) is 11.3. The molecule has 1 amide bonds. The topological polar surface area (TPSA) is 87.7 Å².